The van der Waals surface area contributed by atoms with Crippen molar-refractivity contribution in [2.75, 3.05) is 0 Å². The van der Waals surface area contributed by atoms with Crippen LogP contribution in [-0.4, -0.2) is 16.6 Å². The standard InChI is InChI=1S/C17H19NO2/c1-13(15-6-7-15)20-17(19)12-14-4-8-16(9-5-14)18-10-2-3-11-18/h2-5,8-11,13,15H,6-7,12H2,1H3. The van der Waals surface area contributed by atoms with Crippen LogP contribution in [0.3, 0.4) is 0 Å². The molecular formula is C17H19NO2. The molecule has 20 heavy (non-hydrogen) atoms. The van der Waals surface area contributed by atoms with E-state index >= 15 is 0 Å². The number of aromatic nitrogens is 1. The summed E-state index contributed by atoms with van der Waals surface area (Å²) in [4.78, 5) is 11.8. The minimum absolute atomic E-state index is 0.0710. The molecule has 2 aromatic rings. The number of carbonyl (C=O) groups is 1. The quantitative estimate of drug-likeness (QED) is 0.779. The first-order valence-corrected chi connectivity index (χ1v) is 7.14. The molecule has 1 saturated carbocycles. The normalized spacial score (nSPS) is 15.8. The molecule has 1 fully saturated rings. The highest BCUT2D eigenvalue weighted by molar-refractivity contribution is 5.72. The monoisotopic (exact) mass is 269 g/mol. The van der Waals surface area contributed by atoms with E-state index in [4.69, 9.17) is 4.74 Å². The fourth-order valence-corrected chi connectivity index (χ4v) is 2.37. The molecule has 104 valence electrons. The number of rotatable bonds is 5. The Morgan fingerprint density at radius 3 is 2.50 bits per heavy atom. The zero-order valence-electron chi connectivity index (χ0n) is 11.7. The van der Waals surface area contributed by atoms with Crippen LogP contribution in [0.4, 0.5) is 0 Å². The largest absolute Gasteiger partial charge is 0.462 e. The average Bonchev–Trinajstić information content (AvgIpc) is 3.15. The van der Waals surface area contributed by atoms with E-state index < -0.39 is 0 Å². The molecule has 0 aliphatic heterocycles. The van der Waals surface area contributed by atoms with E-state index in [-0.39, 0.29) is 12.1 Å². The summed E-state index contributed by atoms with van der Waals surface area (Å²) in [6.07, 6.45) is 6.81. The van der Waals surface area contributed by atoms with Gasteiger partial charge in [-0.05, 0) is 55.5 Å². The van der Waals surface area contributed by atoms with Gasteiger partial charge in [0.1, 0.15) is 6.10 Å². The molecule has 0 bridgehead atoms. The second-order valence-electron chi connectivity index (χ2n) is 5.47. The highest BCUT2D eigenvalue weighted by Gasteiger charge is 2.30. The van der Waals surface area contributed by atoms with Crippen LogP contribution >= 0.6 is 0 Å². The number of hydrogen-bond acceptors (Lipinski definition) is 2. The molecule has 0 saturated heterocycles. The molecule has 1 heterocycles. The summed E-state index contributed by atoms with van der Waals surface area (Å²) in [5.74, 6) is 0.466. The van der Waals surface area contributed by atoms with E-state index in [1.807, 2.05) is 60.3 Å². The lowest BCUT2D eigenvalue weighted by molar-refractivity contribution is -0.148. The maximum absolute atomic E-state index is 11.8. The lowest BCUT2D eigenvalue weighted by atomic mass is 10.1. The molecule has 1 aromatic heterocycles. The van der Waals surface area contributed by atoms with Crippen molar-refractivity contribution in [1.82, 2.24) is 4.57 Å². The van der Waals surface area contributed by atoms with Crippen molar-refractivity contribution in [3.8, 4) is 5.69 Å². The maximum Gasteiger partial charge on any atom is 0.310 e. The van der Waals surface area contributed by atoms with Crippen LogP contribution in [0.25, 0.3) is 5.69 Å². The fraction of sp³-hybridized carbons (Fsp3) is 0.353. The lowest BCUT2D eigenvalue weighted by Crippen LogP contribution is -2.18. The smallest absolute Gasteiger partial charge is 0.310 e. The Morgan fingerprint density at radius 1 is 1.25 bits per heavy atom. The van der Waals surface area contributed by atoms with Crippen molar-refractivity contribution in [3.63, 3.8) is 0 Å². The van der Waals surface area contributed by atoms with Crippen LogP contribution < -0.4 is 0 Å². The molecule has 1 aliphatic rings. The average molecular weight is 269 g/mol. The van der Waals surface area contributed by atoms with Crippen molar-refractivity contribution in [1.29, 1.82) is 0 Å². The fourth-order valence-electron chi connectivity index (χ4n) is 2.37. The molecule has 3 nitrogen and oxygen atoms in total. The summed E-state index contributed by atoms with van der Waals surface area (Å²) in [6.45, 7) is 1.99. The Bertz CT molecular complexity index is 568. The van der Waals surface area contributed by atoms with Crippen LogP contribution in [0.1, 0.15) is 25.3 Å². The van der Waals surface area contributed by atoms with Gasteiger partial charge in [0.15, 0.2) is 0 Å². The zero-order chi connectivity index (χ0) is 13.9. The minimum Gasteiger partial charge on any atom is -0.462 e. The van der Waals surface area contributed by atoms with E-state index in [0.717, 1.165) is 11.3 Å². The Balaban J connectivity index is 1.58. The number of hydrogen-bond donors (Lipinski definition) is 0. The second kappa shape index (κ2) is 5.53. The summed E-state index contributed by atoms with van der Waals surface area (Å²) in [5.41, 5.74) is 2.09. The molecule has 0 radical (unpaired) electrons. The van der Waals surface area contributed by atoms with Gasteiger partial charge in [-0.25, -0.2) is 0 Å². The van der Waals surface area contributed by atoms with Gasteiger partial charge in [0.2, 0.25) is 0 Å². The van der Waals surface area contributed by atoms with Gasteiger partial charge in [0.25, 0.3) is 0 Å². The molecule has 0 amide bonds. The van der Waals surface area contributed by atoms with Gasteiger partial charge < -0.3 is 9.30 Å². The highest BCUT2D eigenvalue weighted by atomic mass is 16.5. The van der Waals surface area contributed by atoms with Crippen LogP contribution in [0.15, 0.2) is 48.8 Å². The molecule has 1 aliphatic carbocycles. The molecule has 1 aromatic carbocycles. The second-order valence-corrected chi connectivity index (χ2v) is 5.47. The van der Waals surface area contributed by atoms with Gasteiger partial charge in [-0.3, -0.25) is 4.79 Å². The lowest BCUT2D eigenvalue weighted by Gasteiger charge is -2.12. The Morgan fingerprint density at radius 2 is 1.90 bits per heavy atom. The van der Waals surface area contributed by atoms with Crippen LogP contribution in [0.5, 0.6) is 0 Å². The Kier molecular flexibility index (Phi) is 3.59. The topological polar surface area (TPSA) is 31.2 Å². The number of nitrogens with zero attached hydrogens (tertiary/aromatic N) is 1. The van der Waals surface area contributed by atoms with Crippen molar-refractivity contribution in [3.05, 3.63) is 54.4 Å². The van der Waals surface area contributed by atoms with E-state index in [9.17, 15) is 4.79 Å². The van der Waals surface area contributed by atoms with Crippen LogP contribution in [0.2, 0.25) is 0 Å². The van der Waals surface area contributed by atoms with Crippen molar-refractivity contribution < 1.29 is 9.53 Å². The summed E-state index contributed by atoms with van der Waals surface area (Å²) in [5, 5.41) is 0. The van der Waals surface area contributed by atoms with Gasteiger partial charge >= 0.3 is 5.97 Å². The van der Waals surface area contributed by atoms with E-state index in [1.54, 1.807) is 0 Å². The SMILES string of the molecule is CC(OC(=O)Cc1ccc(-n2cccc2)cc1)C1CC1. The first-order valence-electron chi connectivity index (χ1n) is 7.14. The third-order valence-electron chi connectivity index (χ3n) is 3.79. The zero-order valence-corrected chi connectivity index (χ0v) is 11.7. The molecule has 1 unspecified atom stereocenters. The first-order chi connectivity index (χ1) is 9.72. The highest BCUT2D eigenvalue weighted by Crippen LogP contribution is 2.34. The molecule has 0 N–H and O–H groups in total. The third kappa shape index (κ3) is 3.10. The van der Waals surface area contributed by atoms with Gasteiger partial charge in [0.05, 0.1) is 6.42 Å². The Labute approximate surface area is 119 Å². The van der Waals surface area contributed by atoms with E-state index in [1.165, 1.54) is 12.8 Å². The van der Waals surface area contributed by atoms with Crippen LogP contribution in [-0.2, 0) is 16.0 Å². The van der Waals surface area contributed by atoms with Gasteiger partial charge in [-0.15, -0.1) is 0 Å². The summed E-state index contributed by atoms with van der Waals surface area (Å²) in [7, 11) is 0. The van der Waals surface area contributed by atoms with Gasteiger partial charge in [-0.1, -0.05) is 12.1 Å². The molecule has 0 spiro atoms. The summed E-state index contributed by atoms with van der Waals surface area (Å²) >= 11 is 0. The number of carbonyl (C=O) groups excluding carboxylic acids is 1. The Hall–Kier alpha value is -2.03. The van der Waals surface area contributed by atoms with Crippen molar-refractivity contribution in [2.24, 2.45) is 5.92 Å². The molecule has 3 heteroatoms. The predicted octanol–water partition coefficient (Wildman–Crippen LogP) is 3.36. The summed E-state index contributed by atoms with van der Waals surface area (Å²) in [6, 6.07) is 12.0. The van der Waals surface area contributed by atoms with Crippen molar-refractivity contribution >= 4 is 5.97 Å². The van der Waals surface area contributed by atoms with Gasteiger partial charge in [-0.2, -0.15) is 0 Å². The van der Waals surface area contributed by atoms with E-state index in [0.29, 0.717) is 12.3 Å². The number of esters is 1. The van der Waals surface area contributed by atoms with E-state index in [2.05, 4.69) is 0 Å². The molecular weight excluding hydrogens is 250 g/mol. The van der Waals surface area contributed by atoms with Crippen LogP contribution in [0, 0.1) is 5.92 Å². The minimum atomic E-state index is -0.127. The van der Waals surface area contributed by atoms with Crippen molar-refractivity contribution in [2.45, 2.75) is 32.3 Å². The maximum atomic E-state index is 11.8. The number of ether oxygens (including phenoxy) is 1. The molecule has 3 rings (SSSR count). The predicted molar refractivity (Wildman–Crippen MR) is 77.8 cm³/mol. The molecule has 1 atom stereocenters. The summed E-state index contributed by atoms with van der Waals surface area (Å²) < 4.78 is 7.48. The van der Waals surface area contributed by atoms with Gasteiger partial charge in [0, 0.05) is 18.1 Å². The first kappa shape index (κ1) is 13.0. The number of benzene rings is 1. The third-order valence-corrected chi connectivity index (χ3v) is 3.79.